The Hall–Kier alpha value is -3.35. The normalized spacial score (nSPS) is 16.3. The number of nitrogens with zero attached hydrogens (tertiary/aromatic N) is 2. The molecule has 1 aliphatic carbocycles. The third-order valence-corrected chi connectivity index (χ3v) is 5.65. The highest BCUT2D eigenvalue weighted by Crippen LogP contribution is 2.35. The van der Waals surface area contributed by atoms with Crippen LogP contribution < -0.4 is 11.0 Å². The van der Waals surface area contributed by atoms with Crippen molar-refractivity contribution in [3.8, 4) is 0 Å². The van der Waals surface area contributed by atoms with Gasteiger partial charge in [0.05, 0.1) is 11.0 Å². The van der Waals surface area contributed by atoms with Crippen LogP contribution in [-0.2, 0) is 0 Å². The lowest BCUT2D eigenvalue weighted by Gasteiger charge is -2.15. The van der Waals surface area contributed by atoms with Crippen LogP contribution in [0.4, 0.5) is 5.69 Å². The van der Waals surface area contributed by atoms with Gasteiger partial charge in [0.25, 0.3) is 11.8 Å². The molecule has 2 N–H and O–H groups in total. The molecule has 3 aromatic rings. The van der Waals surface area contributed by atoms with Crippen molar-refractivity contribution in [2.24, 2.45) is 0 Å². The van der Waals surface area contributed by atoms with Gasteiger partial charge in [0.2, 0.25) is 0 Å². The number of aromatic amines is 1. The van der Waals surface area contributed by atoms with Crippen molar-refractivity contribution in [3.05, 3.63) is 64.1 Å². The van der Waals surface area contributed by atoms with E-state index in [1.54, 1.807) is 47.0 Å². The topological polar surface area (TPSA) is 87.2 Å². The van der Waals surface area contributed by atoms with E-state index in [4.69, 9.17) is 0 Å². The largest absolute Gasteiger partial charge is 0.339 e. The summed E-state index contributed by atoms with van der Waals surface area (Å²) in [5, 5.41) is 2.87. The van der Waals surface area contributed by atoms with Gasteiger partial charge in [-0.3, -0.25) is 14.2 Å². The SMILES string of the molecule is O=C(Nc1cccc(C(=O)N2CCCC2)c1)c1ccc2[nH]c(=O)n(C3CC3)c2c1. The van der Waals surface area contributed by atoms with Gasteiger partial charge in [0.1, 0.15) is 0 Å². The fourth-order valence-corrected chi connectivity index (χ4v) is 3.99. The van der Waals surface area contributed by atoms with Crippen molar-refractivity contribution in [3.63, 3.8) is 0 Å². The van der Waals surface area contributed by atoms with Crippen molar-refractivity contribution >= 4 is 28.5 Å². The molecule has 29 heavy (non-hydrogen) atoms. The lowest BCUT2D eigenvalue weighted by molar-refractivity contribution is 0.0792. The van der Waals surface area contributed by atoms with E-state index >= 15 is 0 Å². The molecule has 148 valence electrons. The second kappa shape index (κ2) is 6.92. The number of hydrogen-bond donors (Lipinski definition) is 2. The van der Waals surface area contributed by atoms with E-state index in [2.05, 4.69) is 10.3 Å². The zero-order chi connectivity index (χ0) is 20.0. The molecule has 7 nitrogen and oxygen atoms in total. The van der Waals surface area contributed by atoms with E-state index in [-0.39, 0.29) is 23.5 Å². The number of carbonyl (C=O) groups is 2. The molecule has 5 rings (SSSR count). The predicted molar refractivity (Wildman–Crippen MR) is 110 cm³/mol. The fraction of sp³-hybridized carbons (Fsp3) is 0.318. The number of amides is 2. The molecule has 0 radical (unpaired) electrons. The summed E-state index contributed by atoms with van der Waals surface area (Å²) < 4.78 is 1.74. The Bertz CT molecular complexity index is 1170. The fourth-order valence-electron chi connectivity index (χ4n) is 3.99. The first-order chi connectivity index (χ1) is 14.1. The number of carbonyl (C=O) groups excluding carboxylic acids is 2. The number of anilines is 1. The monoisotopic (exact) mass is 390 g/mol. The van der Waals surface area contributed by atoms with E-state index in [1.165, 1.54) is 0 Å². The molecule has 2 fully saturated rings. The molecule has 2 amide bonds. The minimum atomic E-state index is -0.270. The molecule has 0 spiro atoms. The molecule has 1 saturated carbocycles. The molecule has 2 aliphatic rings. The molecule has 1 aliphatic heterocycles. The van der Waals surface area contributed by atoms with Crippen LogP contribution in [0.3, 0.4) is 0 Å². The highest BCUT2D eigenvalue weighted by atomic mass is 16.2. The average molecular weight is 390 g/mol. The molecule has 2 aromatic carbocycles. The van der Waals surface area contributed by atoms with Crippen molar-refractivity contribution in [2.75, 3.05) is 18.4 Å². The number of nitrogens with one attached hydrogen (secondary N) is 2. The average Bonchev–Trinajstić information content (AvgIpc) is 3.28. The Kier molecular flexibility index (Phi) is 4.23. The Morgan fingerprint density at radius 3 is 2.55 bits per heavy atom. The zero-order valence-corrected chi connectivity index (χ0v) is 16.0. The molecule has 0 unspecified atom stereocenters. The number of rotatable bonds is 4. The van der Waals surface area contributed by atoms with E-state index < -0.39 is 0 Å². The minimum absolute atomic E-state index is 0.000733. The van der Waals surface area contributed by atoms with Gasteiger partial charge in [-0.2, -0.15) is 0 Å². The van der Waals surface area contributed by atoms with Crippen LogP contribution in [0.1, 0.15) is 52.4 Å². The maximum Gasteiger partial charge on any atom is 0.326 e. The van der Waals surface area contributed by atoms with Crippen molar-refractivity contribution in [1.82, 2.24) is 14.5 Å². The maximum atomic E-state index is 12.8. The summed E-state index contributed by atoms with van der Waals surface area (Å²) >= 11 is 0. The summed E-state index contributed by atoms with van der Waals surface area (Å²) in [5.74, 6) is -0.269. The van der Waals surface area contributed by atoms with Crippen LogP contribution in [0.2, 0.25) is 0 Å². The Morgan fingerprint density at radius 2 is 1.79 bits per heavy atom. The molecule has 0 bridgehead atoms. The highest BCUT2D eigenvalue weighted by molar-refractivity contribution is 6.06. The summed E-state index contributed by atoms with van der Waals surface area (Å²) in [7, 11) is 0. The Balaban J connectivity index is 1.39. The molecule has 1 saturated heterocycles. The molecular weight excluding hydrogens is 368 g/mol. The third kappa shape index (κ3) is 3.33. The number of likely N-dealkylation sites (tertiary alicyclic amines) is 1. The predicted octanol–water partition coefficient (Wildman–Crippen LogP) is 3.15. The summed E-state index contributed by atoms with van der Waals surface area (Å²) in [6.07, 6.45) is 4.05. The van der Waals surface area contributed by atoms with E-state index in [1.807, 2.05) is 4.90 Å². The molecular formula is C22H22N4O3. The van der Waals surface area contributed by atoms with Gasteiger partial charge in [-0.15, -0.1) is 0 Å². The van der Waals surface area contributed by atoms with Gasteiger partial charge in [0, 0.05) is 35.9 Å². The number of hydrogen-bond acceptors (Lipinski definition) is 3. The number of H-pyrrole nitrogens is 1. The third-order valence-electron chi connectivity index (χ3n) is 5.65. The quantitative estimate of drug-likeness (QED) is 0.717. The van der Waals surface area contributed by atoms with E-state index in [0.29, 0.717) is 16.8 Å². The van der Waals surface area contributed by atoms with Crippen molar-refractivity contribution < 1.29 is 9.59 Å². The van der Waals surface area contributed by atoms with E-state index in [0.717, 1.165) is 49.8 Å². The smallest absolute Gasteiger partial charge is 0.326 e. The summed E-state index contributed by atoms with van der Waals surface area (Å²) in [4.78, 5) is 42.2. The lowest BCUT2D eigenvalue weighted by Crippen LogP contribution is -2.27. The van der Waals surface area contributed by atoms with Gasteiger partial charge < -0.3 is 15.2 Å². The first-order valence-electron chi connectivity index (χ1n) is 10.0. The van der Waals surface area contributed by atoms with Gasteiger partial charge in [-0.1, -0.05) is 6.07 Å². The van der Waals surface area contributed by atoms with Crippen LogP contribution in [-0.4, -0.2) is 39.4 Å². The van der Waals surface area contributed by atoms with Gasteiger partial charge in [-0.05, 0) is 62.1 Å². The standard InChI is InChI=1S/C22H22N4O3/c27-20(14-6-9-18-19(13-14)26(17-7-8-17)22(29)24-18)23-16-5-3-4-15(12-16)21(28)25-10-1-2-11-25/h3-6,9,12-13,17H,1-2,7-8,10-11H2,(H,23,27)(H,24,29). The molecule has 7 heteroatoms. The highest BCUT2D eigenvalue weighted by Gasteiger charge is 2.27. The number of imidazole rings is 1. The minimum Gasteiger partial charge on any atom is -0.339 e. The van der Waals surface area contributed by atoms with Gasteiger partial charge in [-0.25, -0.2) is 4.79 Å². The number of benzene rings is 2. The van der Waals surface area contributed by atoms with Crippen molar-refractivity contribution in [1.29, 1.82) is 0 Å². The van der Waals surface area contributed by atoms with Crippen LogP contribution in [0.15, 0.2) is 47.3 Å². The summed E-state index contributed by atoms with van der Waals surface area (Å²) in [6.45, 7) is 1.57. The summed E-state index contributed by atoms with van der Waals surface area (Å²) in [6, 6.07) is 12.5. The van der Waals surface area contributed by atoms with Crippen LogP contribution in [0, 0.1) is 0 Å². The first kappa shape index (κ1) is 17.7. The second-order valence-corrected chi connectivity index (χ2v) is 7.80. The second-order valence-electron chi connectivity index (χ2n) is 7.80. The maximum absolute atomic E-state index is 12.8. The van der Waals surface area contributed by atoms with Gasteiger partial charge >= 0.3 is 5.69 Å². The zero-order valence-electron chi connectivity index (χ0n) is 16.0. The van der Waals surface area contributed by atoms with Crippen LogP contribution in [0.25, 0.3) is 11.0 Å². The van der Waals surface area contributed by atoms with E-state index in [9.17, 15) is 14.4 Å². The number of fused-ring (bicyclic) bond motifs is 1. The Morgan fingerprint density at radius 1 is 1.00 bits per heavy atom. The molecule has 0 atom stereocenters. The lowest BCUT2D eigenvalue weighted by atomic mass is 10.1. The number of aromatic nitrogens is 2. The molecule has 2 heterocycles. The van der Waals surface area contributed by atoms with Crippen LogP contribution in [0.5, 0.6) is 0 Å². The Labute approximate surface area is 167 Å². The van der Waals surface area contributed by atoms with Crippen LogP contribution >= 0.6 is 0 Å². The molecule has 1 aromatic heterocycles. The van der Waals surface area contributed by atoms with Gasteiger partial charge in [0.15, 0.2) is 0 Å². The first-order valence-corrected chi connectivity index (χ1v) is 10.0. The summed E-state index contributed by atoms with van der Waals surface area (Å²) in [5.41, 5.74) is 2.98. The van der Waals surface area contributed by atoms with Crippen molar-refractivity contribution in [2.45, 2.75) is 31.7 Å².